The van der Waals surface area contributed by atoms with Gasteiger partial charge in [-0.15, -0.1) is 0 Å². The van der Waals surface area contributed by atoms with Crippen LogP contribution in [0.25, 0.3) is 0 Å². The van der Waals surface area contributed by atoms with Crippen molar-refractivity contribution in [2.24, 2.45) is 0 Å². The van der Waals surface area contributed by atoms with E-state index in [-0.39, 0.29) is 35.0 Å². The molecule has 4 nitrogen and oxygen atoms in total. The van der Waals surface area contributed by atoms with Crippen LogP contribution >= 0.6 is 0 Å². The van der Waals surface area contributed by atoms with Crippen LogP contribution in [0.15, 0.2) is 0 Å². The lowest BCUT2D eigenvalue weighted by Gasteiger charge is -1.79. The van der Waals surface area contributed by atoms with Crippen LogP contribution in [0.5, 0.6) is 0 Å². The van der Waals surface area contributed by atoms with E-state index in [0.717, 1.165) is 0 Å². The highest BCUT2D eigenvalue weighted by molar-refractivity contribution is 7.85. The summed E-state index contributed by atoms with van der Waals surface area (Å²) in [6.07, 6.45) is 0. The Morgan fingerprint density at radius 2 is 1.62 bits per heavy atom. The third-order valence-electron chi connectivity index (χ3n) is 0.365. The summed E-state index contributed by atoms with van der Waals surface area (Å²) in [6.45, 7) is 1.37. The van der Waals surface area contributed by atoms with Crippen LogP contribution in [0.2, 0.25) is 0 Å². The van der Waals surface area contributed by atoms with Gasteiger partial charge in [0.2, 0.25) is 0 Å². The van der Waals surface area contributed by atoms with Gasteiger partial charge in [-0.3, -0.25) is 4.55 Å². The van der Waals surface area contributed by atoms with Gasteiger partial charge in [0.05, 0.1) is 5.75 Å². The Morgan fingerprint density at radius 3 is 1.62 bits per heavy atom. The van der Waals surface area contributed by atoms with Crippen molar-refractivity contribution in [2.45, 2.75) is 6.92 Å². The lowest BCUT2D eigenvalue weighted by atomic mass is 11.0. The third kappa shape index (κ3) is 15.9. The molecule has 0 saturated carbocycles. The van der Waals surface area contributed by atoms with Gasteiger partial charge in [-0.05, 0) is 6.92 Å². The van der Waals surface area contributed by atoms with E-state index < -0.39 is 10.1 Å². The van der Waals surface area contributed by atoms with Gasteiger partial charge in [0.1, 0.15) is 0 Å². The molecule has 8 heavy (non-hydrogen) atoms. The van der Waals surface area contributed by atoms with Gasteiger partial charge < -0.3 is 6.15 Å². The monoisotopic (exact) mass is 153 g/mol. The van der Waals surface area contributed by atoms with Crippen LogP contribution in [-0.2, 0) is 10.1 Å². The molecule has 0 saturated heterocycles. The molecule has 0 spiro atoms. The van der Waals surface area contributed by atoms with E-state index in [2.05, 4.69) is 0 Å². The summed E-state index contributed by atoms with van der Waals surface area (Å²) < 4.78 is 26.9. The number of rotatable bonds is 1. The highest BCUT2D eigenvalue weighted by Crippen LogP contribution is 1.74. The van der Waals surface area contributed by atoms with E-state index in [4.69, 9.17) is 4.55 Å². The van der Waals surface area contributed by atoms with Crippen LogP contribution in [0.1, 0.15) is 6.92 Å². The zero-order valence-electron chi connectivity index (χ0n) is 4.09. The zero-order chi connectivity index (χ0) is 5.21. The van der Waals surface area contributed by atoms with Crippen molar-refractivity contribution in [3.05, 3.63) is 0 Å². The molecule has 0 radical (unpaired) electrons. The van der Waals surface area contributed by atoms with Crippen molar-refractivity contribution in [2.75, 3.05) is 5.75 Å². The van der Waals surface area contributed by atoms with Crippen molar-refractivity contribution in [3.63, 3.8) is 0 Å². The van der Waals surface area contributed by atoms with Crippen LogP contribution in [0, 0.1) is 0 Å². The first-order valence-corrected chi connectivity index (χ1v) is 3.12. The van der Waals surface area contributed by atoms with Crippen molar-refractivity contribution in [1.29, 1.82) is 0 Å². The Hall–Kier alpha value is 0.636. The van der Waals surface area contributed by atoms with E-state index >= 15 is 0 Å². The summed E-state index contributed by atoms with van der Waals surface area (Å²) in [4.78, 5) is 0. The first-order chi connectivity index (χ1) is 2.56. The highest BCUT2D eigenvalue weighted by atomic mass is 32.2. The molecule has 6 heteroatoms. The Kier molecular flexibility index (Phi) is 11.4. The predicted molar refractivity (Wildman–Crippen MR) is 35.7 cm³/mol. The topological polar surface area (TPSA) is 89.4 Å². The molecule has 0 aliphatic carbocycles. The van der Waals surface area contributed by atoms with Crippen LogP contribution in [0.3, 0.4) is 0 Å². The van der Waals surface area contributed by atoms with Crippen LogP contribution < -0.4 is 6.15 Å². The summed E-state index contributed by atoms with van der Waals surface area (Å²) >= 11 is 0. The van der Waals surface area contributed by atoms with Gasteiger partial charge in [-0.25, -0.2) is 0 Å². The second kappa shape index (κ2) is 5.77. The molecule has 0 aromatic heterocycles. The second-order valence-corrected chi connectivity index (χ2v) is 2.61. The molecule has 0 aromatic rings. The van der Waals surface area contributed by atoms with E-state index in [1.807, 2.05) is 0 Å². The van der Waals surface area contributed by atoms with Gasteiger partial charge in [-0.1, -0.05) is 0 Å². The zero-order valence-corrected chi connectivity index (χ0v) is 4.90. The molecule has 0 rings (SSSR count). The van der Waals surface area contributed by atoms with Crippen molar-refractivity contribution < 1.29 is 13.0 Å². The maximum absolute atomic E-state index is 9.56. The first-order valence-electron chi connectivity index (χ1n) is 1.51. The Morgan fingerprint density at radius 1 is 1.50 bits per heavy atom. The van der Waals surface area contributed by atoms with Crippen LogP contribution in [0.4, 0.5) is 0 Å². The van der Waals surface area contributed by atoms with Crippen molar-refractivity contribution in [3.8, 4) is 0 Å². The average molecular weight is 153 g/mol. The van der Waals surface area contributed by atoms with E-state index in [9.17, 15) is 8.42 Å². The van der Waals surface area contributed by atoms with Gasteiger partial charge in [0.25, 0.3) is 10.1 Å². The minimum atomic E-state index is -3.66. The second-order valence-electron chi connectivity index (χ2n) is 0.871. The summed E-state index contributed by atoms with van der Waals surface area (Å²) in [6, 6.07) is 0. The predicted octanol–water partition coefficient (Wildman–Crippen LogP) is -0.860. The number of hydrogen-bond donors (Lipinski definition) is 2. The molecule has 0 unspecified atom stereocenters. The summed E-state index contributed by atoms with van der Waals surface area (Å²) in [7, 11) is -3.66. The minimum absolute atomic E-state index is 0. The van der Waals surface area contributed by atoms with Gasteiger partial charge in [0.15, 0.2) is 0 Å². The SMILES string of the molecule is CCS(=O)(=O)O.N.[MgH2]. The molecule has 4 N–H and O–H groups in total. The molecule has 0 aromatic carbocycles. The average Bonchev–Trinajstić information content (AvgIpc) is 1.35. The standard InChI is InChI=1S/C2H6O3S.Mg.H3N.2H/c1-2-6(3,4)5;;;;/h2H2,1H3,(H,3,4,5);;1H3;;. The Bertz CT molecular complexity index is 119. The van der Waals surface area contributed by atoms with E-state index in [1.54, 1.807) is 0 Å². The lowest BCUT2D eigenvalue weighted by Crippen LogP contribution is -1.97. The first kappa shape index (κ1) is 15.9. The molecule has 0 heterocycles. The quantitative estimate of drug-likeness (QED) is 0.379. The third-order valence-corrected chi connectivity index (χ3v) is 1.09. The fourth-order valence-corrected chi connectivity index (χ4v) is 0. The highest BCUT2D eigenvalue weighted by Gasteiger charge is 1.93. The normalized spacial score (nSPS) is 8.75. The molecule has 0 aliphatic rings. The summed E-state index contributed by atoms with van der Waals surface area (Å²) in [5.74, 6) is -0.201. The molecular weight excluding hydrogens is 142 g/mol. The fraction of sp³-hybridized carbons (Fsp3) is 1.00. The Balaban J connectivity index is -0.000000125. The lowest BCUT2D eigenvalue weighted by molar-refractivity contribution is 0.484. The molecular formula is C2H11MgNO3S. The van der Waals surface area contributed by atoms with Gasteiger partial charge in [0, 0.05) is 0 Å². The van der Waals surface area contributed by atoms with E-state index in [1.165, 1.54) is 6.92 Å². The fourth-order valence-electron chi connectivity index (χ4n) is 0. The molecule has 0 fully saturated rings. The molecule has 0 amide bonds. The Labute approximate surface area is 65.1 Å². The molecule has 50 valence electrons. The van der Waals surface area contributed by atoms with Crippen molar-refractivity contribution >= 4 is 33.2 Å². The maximum Gasteiger partial charge on any atom is 0.316 e. The van der Waals surface area contributed by atoms with E-state index in [0.29, 0.717) is 0 Å². The minimum Gasteiger partial charge on any atom is -0.344 e. The maximum atomic E-state index is 9.56. The summed E-state index contributed by atoms with van der Waals surface area (Å²) in [5, 5.41) is 0. The van der Waals surface area contributed by atoms with Gasteiger partial charge >= 0.3 is 23.1 Å². The molecule has 0 aliphatic heterocycles. The van der Waals surface area contributed by atoms with Gasteiger partial charge in [-0.2, -0.15) is 8.42 Å². The largest absolute Gasteiger partial charge is 0.344 e. The summed E-state index contributed by atoms with van der Waals surface area (Å²) in [5.41, 5.74) is 0. The van der Waals surface area contributed by atoms with Crippen molar-refractivity contribution in [1.82, 2.24) is 6.15 Å². The number of hydrogen-bond acceptors (Lipinski definition) is 3. The van der Waals surface area contributed by atoms with Crippen LogP contribution in [-0.4, -0.2) is 41.8 Å². The smallest absolute Gasteiger partial charge is 0.316 e. The molecule has 0 atom stereocenters. The molecule has 0 bridgehead atoms.